The number of methoxy groups -OCH3 is 1. The first kappa shape index (κ1) is 21.0. The summed E-state index contributed by atoms with van der Waals surface area (Å²) in [5.41, 5.74) is 10.0. The third-order valence-corrected chi connectivity index (χ3v) is 4.27. The lowest BCUT2D eigenvalue weighted by Crippen LogP contribution is -2.37. The topological polar surface area (TPSA) is 130 Å². The van der Waals surface area contributed by atoms with Crippen molar-refractivity contribution in [1.29, 1.82) is 0 Å². The van der Waals surface area contributed by atoms with Gasteiger partial charge in [-0.1, -0.05) is 0 Å². The van der Waals surface area contributed by atoms with Crippen molar-refractivity contribution in [2.24, 2.45) is 10.8 Å². The Morgan fingerprint density at radius 1 is 1.37 bits per heavy atom. The van der Waals surface area contributed by atoms with Gasteiger partial charge in [-0.3, -0.25) is 4.79 Å². The minimum Gasteiger partial charge on any atom is -0.491 e. The standard InChI is InChI=1S/C18H22F2N8O2/c1-9-15-17(28(2)8-14(29)25-15)26-18(24-9)22-7-13(21)27-23-6-10-4-11(19)16(30-3)12(20)5-10/h4-5,23H,6-8H2,1-3H3,(H2,21,27)(H,25,29)(H,22,24,26). The molecule has 0 unspecified atom stereocenters. The van der Waals surface area contributed by atoms with Gasteiger partial charge < -0.3 is 31.4 Å². The second-order valence-corrected chi connectivity index (χ2v) is 6.62. The number of amides is 1. The maximum absolute atomic E-state index is 13.7. The van der Waals surface area contributed by atoms with Gasteiger partial charge in [0.25, 0.3) is 0 Å². The van der Waals surface area contributed by atoms with E-state index in [-0.39, 0.29) is 31.4 Å². The number of amidine groups is 1. The van der Waals surface area contributed by atoms with Gasteiger partial charge in [0.15, 0.2) is 23.2 Å². The summed E-state index contributed by atoms with van der Waals surface area (Å²) >= 11 is 0. The van der Waals surface area contributed by atoms with E-state index in [9.17, 15) is 13.6 Å². The quantitative estimate of drug-likeness (QED) is 0.296. The van der Waals surface area contributed by atoms with E-state index in [1.807, 2.05) is 0 Å². The average Bonchev–Trinajstić information content (AvgIpc) is 2.67. The molecular weight excluding hydrogens is 398 g/mol. The number of nitrogens with two attached hydrogens (primary N) is 1. The van der Waals surface area contributed by atoms with Crippen LogP contribution in [0, 0.1) is 18.6 Å². The number of hydrogen-bond acceptors (Lipinski definition) is 8. The zero-order chi connectivity index (χ0) is 21.8. The Hall–Kier alpha value is -3.70. The van der Waals surface area contributed by atoms with Crippen LogP contribution in [0.3, 0.4) is 0 Å². The van der Waals surface area contributed by atoms with Crippen LogP contribution in [0.2, 0.25) is 0 Å². The molecule has 1 aliphatic rings. The summed E-state index contributed by atoms with van der Waals surface area (Å²) in [6.45, 7) is 2.16. The highest BCUT2D eigenvalue weighted by atomic mass is 19.1. The molecule has 10 nitrogen and oxygen atoms in total. The highest BCUT2D eigenvalue weighted by Gasteiger charge is 2.23. The summed E-state index contributed by atoms with van der Waals surface area (Å²) in [6.07, 6.45) is 0. The van der Waals surface area contributed by atoms with Gasteiger partial charge in [0.1, 0.15) is 11.5 Å². The Labute approximate surface area is 171 Å². The van der Waals surface area contributed by atoms with Gasteiger partial charge >= 0.3 is 0 Å². The first-order chi connectivity index (χ1) is 14.3. The molecule has 0 saturated heterocycles. The molecule has 30 heavy (non-hydrogen) atoms. The first-order valence-electron chi connectivity index (χ1n) is 8.98. The predicted octanol–water partition coefficient (Wildman–Crippen LogP) is 0.934. The van der Waals surface area contributed by atoms with Crippen LogP contribution in [-0.2, 0) is 11.3 Å². The van der Waals surface area contributed by atoms with Crippen LogP contribution < -0.4 is 31.4 Å². The number of carbonyl (C=O) groups excluding carboxylic acids is 1. The van der Waals surface area contributed by atoms with Crippen molar-refractivity contribution >= 4 is 29.2 Å². The fourth-order valence-corrected chi connectivity index (χ4v) is 2.88. The fraction of sp³-hybridized carbons (Fsp3) is 0.333. The number of nitrogens with one attached hydrogen (secondary N) is 3. The van der Waals surface area contributed by atoms with E-state index in [4.69, 9.17) is 5.73 Å². The molecule has 2 heterocycles. The molecule has 0 atom stereocenters. The maximum Gasteiger partial charge on any atom is 0.244 e. The van der Waals surface area contributed by atoms with Crippen molar-refractivity contribution in [1.82, 2.24) is 15.4 Å². The van der Waals surface area contributed by atoms with Crippen molar-refractivity contribution in [2.75, 3.05) is 42.8 Å². The van der Waals surface area contributed by atoms with Crippen LogP contribution in [-0.4, -0.2) is 49.0 Å². The van der Waals surface area contributed by atoms with Gasteiger partial charge in [-0.15, -0.1) is 0 Å². The molecule has 0 fully saturated rings. The summed E-state index contributed by atoms with van der Waals surface area (Å²) in [5.74, 6) is -1.05. The Bertz CT molecular complexity index is 975. The number of fused-ring (bicyclic) bond motifs is 1. The molecule has 1 aromatic carbocycles. The molecule has 1 amide bonds. The number of rotatable bonds is 7. The number of likely N-dealkylation sites (N-methyl/N-ethyl adjacent to an activating group) is 1. The average molecular weight is 420 g/mol. The van der Waals surface area contributed by atoms with E-state index in [0.717, 1.165) is 12.1 Å². The van der Waals surface area contributed by atoms with Crippen molar-refractivity contribution in [3.8, 4) is 5.75 Å². The van der Waals surface area contributed by atoms with E-state index < -0.39 is 17.4 Å². The lowest BCUT2D eigenvalue weighted by Gasteiger charge is -2.27. The van der Waals surface area contributed by atoms with Crippen molar-refractivity contribution in [2.45, 2.75) is 13.5 Å². The molecule has 0 aliphatic carbocycles. The molecule has 0 saturated carbocycles. The highest BCUT2D eigenvalue weighted by molar-refractivity contribution is 6.00. The summed E-state index contributed by atoms with van der Waals surface area (Å²) in [5, 5.41) is 9.67. The Morgan fingerprint density at radius 2 is 2.07 bits per heavy atom. The number of hydrogen-bond donors (Lipinski definition) is 4. The van der Waals surface area contributed by atoms with E-state index >= 15 is 0 Å². The van der Waals surface area contributed by atoms with Gasteiger partial charge in [0.05, 0.1) is 32.4 Å². The molecule has 3 rings (SSSR count). The highest BCUT2D eigenvalue weighted by Crippen LogP contribution is 2.29. The van der Waals surface area contributed by atoms with Crippen molar-refractivity contribution in [3.05, 3.63) is 35.0 Å². The fourth-order valence-electron chi connectivity index (χ4n) is 2.88. The Kier molecular flexibility index (Phi) is 6.14. The van der Waals surface area contributed by atoms with Crippen LogP contribution in [0.25, 0.3) is 0 Å². The minimum atomic E-state index is -0.797. The molecule has 2 aromatic rings. The third-order valence-electron chi connectivity index (χ3n) is 4.27. The predicted molar refractivity (Wildman–Crippen MR) is 109 cm³/mol. The number of carbonyl (C=O) groups is 1. The number of aryl methyl sites for hydroxylation is 1. The van der Waals surface area contributed by atoms with Crippen molar-refractivity contribution < 1.29 is 18.3 Å². The second-order valence-electron chi connectivity index (χ2n) is 6.62. The zero-order valence-electron chi connectivity index (χ0n) is 16.7. The summed E-state index contributed by atoms with van der Waals surface area (Å²) in [4.78, 5) is 22.1. The molecule has 1 aromatic heterocycles. The summed E-state index contributed by atoms with van der Waals surface area (Å²) in [6, 6.07) is 2.30. The number of nitrogens with zero attached hydrogens (tertiary/aromatic N) is 4. The van der Waals surface area contributed by atoms with E-state index in [1.54, 1.807) is 18.9 Å². The number of hydrazone groups is 1. The van der Waals surface area contributed by atoms with Crippen LogP contribution in [0.15, 0.2) is 17.2 Å². The smallest absolute Gasteiger partial charge is 0.244 e. The van der Waals surface area contributed by atoms with Gasteiger partial charge in [-0.05, 0) is 24.6 Å². The lowest BCUT2D eigenvalue weighted by atomic mass is 10.2. The minimum absolute atomic E-state index is 0.0669. The zero-order valence-corrected chi connectivity index (χ0v) is 16.7. The normalized spacial score (nSPS) is 13.6. The van der Waals surface area contributed by atoms with Crippen LogP contribution >= 0.6 is 0 Å². The van der Waals surface area contributed by atoms with Crippen LogP contribution in [0.1, 0.15) is 11.3 Å². The number of ether oxygens (including phenoxy) is 1. The van der Waals surface area contributed by atoms with Gasteiger partial charge in [0, 0.05) is 7.05 Å². The van der Waals surface area contributed by atoms with E-state index in [0.29, 0.717) is 28.7 Å². The Morgan fingerprint density at radius 3 is 2.73 bits per heavy atom. The van der Waals surface area contributed by atoms with Gasteiger partial charge in [0.2, 0.25) is 11.9 Å². The molecule has 0 spiro atoms. The Balaban J connectivity index is 1.59. The molecule has 0 bridgehead atoms. The summed E-state index contributed by atoms with van der Waals surface area (Å²) in [7, 11) is 2.96. The first-order valence-corrected chi connectivity index (χ1v) is 8.98. The SMILES string of the molecule is COc1c(F)cc(CN/N=C(\N)CNc2nc(C)c3c(n2)N(C)CC(=O)N3)cc1F. The van der Waals surface area contributed by atoms with Crippen molar-refractivity contribution in [3.63, 3.8) is 0 Å². The molecule has 12 heteroatoms. The number of halogens is 2. The molecular formula is C18H22F2N8O2. The molecule has 5 N–H and O–H groups in total. The number of anilines is 3. The van der Waals surface area contributed by atoms with Gasteiger partial charge in [-0.25, -0.2) is 13.8 Å². The lowest BCUT2D eigenvalue weighted by molar-refractivity contribution is -0.115. The second kappa shape index (κ2) is 8.76. The number of benzene rings is 1. The molecule has 0 radical (unpaired) electrons. The van der Waals surface area contributed by atoms with Crippen LogP contribution in [0.4, 0.5) is 26.2 Å². The summed E-state index contributed by atoms with van der Waals surface area (Å²) < 4.78 is 32.0. The largest absolute Gasteiger partial charge is 0.491 e. The molecule has 160 valence electrons. The molecule has 1 aliphatic heterocycles. The maximum atomic E-state index is 13.7. The number of aromatic nitrogens is 2. The van der Waals surface area contributed by atoms with E-state index in [2.05, 4.69) is 35.9 Å². The monoisotopic (exact) mass is 420 g/mol. The van der Waals surface area contributed by atoms with E-state index in [1.165, 1.54) is 7.11 Å². The van der Waals surface area contributed by atoms with Gasteiger partial charge in [-0.2, -0.15) is 10.1 Å². The third kappa shape index (κ3) is 4.64. The van der Waals surface area contributed by atoms with Crippen LogP contribution in [0.5, 0.6) is 5.75 Å².